The van der Waals surface area contributed by atoms with Crippen molar-refractivity contribution in [1.82, 2.24) is 15.0 Å². The summed E-state index contributed by atoms with van der Waals surface area (Å²) in [6.45, 7) is 3.26. The molecule has 0 atom stereocenters. The van der Waals surface area contributed by atoms with E-state index in [1.165, 1.54) is 6.20 Å². The number of halogens is 1. The average Bonchev–Trinajstić information content (AvgIpc) is 2.65. The van der Waals surface area contributed by atoms with Gasteiger partial charge >= 0.3 is 0 Å². The Morgan fingerprint density at radius 2 is 2.07 bits per heavy atom. The average molecular weight is 405 g/mol. The second kappa shape index (κ2) is 6.84. The van der Waals surface area contributed by atoms with Gasteiger partial charge in [0.15, 0.2) is 5.83 Å². The van der Waals surface area contributed by atoms with Crippen LogP contribution < -0.4 is 11.1 Å². The SMILES string of the molecule is Cc1ccncc1-c1cc2cc(NC(=O)C(F)=C3CC4(COC4)C3)ncc2c(N)n1. The van der Waals surface area contributed by atoms with Gasteiger partial charge in [-0.3, -0.25) is 9.78 Å². The van der Waals surface area contributed by atoms with E-state index >= 15 is 0 Å². The third kappa shape index (κ3) is 3.09. The van der Waals surface area contributed by atoms with Crippen molar-refractivity contribution in [3.05, 3.63) is 53.8 Å². The summed E-state index contributed by atoms with van der Waals surface area (Å²) < 4.78 is 19.7. The van der Waals surface area contributed by atoms with Gasteiger partial charge in [-0.1, -0.05) is 0 Å². The van der Waals surface area contributed by atoms with Gasteiger partial charge in [-0.15, -0.1) is 0 Å². The van der Waals surface area contributed by atoms with E-state index < -0.39 is 11.7 Å². The number of rotatable bonds is 3. The molecule has 1 saturated carbocycles. The number of allylic oxidation sites excluding steroid dienone is 1. The Bertz CT molecular complexity index is 1210. The summed E-state index contributed by atoms with van der Waals surface area (Å²) in [5.41, 5.74) is 9.26. The van der Waals surface area contributed by atoms with Crippen LogP contribution >= 0.6 is 0 Å². The Kier molecular flexibility index (Phi) is 4.25. The zero-order valence-electron chi connectivity index (χ0n) is 16.4. The fourth-order valence-electron chi connectivity index (χ4n) is 4.05. The maximum atomic E-state index is 14.5. The summed E-state index contributed by atoms with van der Waals surface area (Å²) in [7, 11) is 0. The predicted molar refractivity (Wildman–Crippen MR) is 111 cm³/mol. The third-order valence-electron chi connectivity index (χ3n) is 5.80. The maximum absolute atomic E-state index is 14.5. The molecular weight excluding hydrogens is 385 g/mol. The third-order valence-corrected chi connectivity index (χ3v) is 5.80. The van der Waals surface area contributed by atoms with Gasteiger partial charge in [0.05, 0.1) is 18.9 Å². The van der Waals surface area contributed by atoms with Crippen molar-refractivity contribution in [3.8, 4) is 11.3 Å². The van der Waals surface area contributed by atoms with Crippen LogP contribution in [-0.4, -0.2) is 34.1 Å². The Morgan fingerprint density at radius 3 is 2.77 bits per heavy atom. The van der Waals surface area contributed by atoms with Crippen LogP contribution in [0.1, 0.15) is 18.4 Å². The molecule has 2 aliphatic rings. The minimum atomic E-state index is -0.780. The van der Waals surface area contributed by atoms with Crippen molar-refractivity contribution < 1.29 is 13.9 Å². The molecule has 1 aliphatic carbocycles. The van der Waals surface area contributed by atoms with E-state index in [2.05, 4.69) is 20.3 Å². The normalized spacial score (nSPS) is 16.8. The van der Waals surface area contributed by atoms with Crippen LogP contribution in [0.25, 0.3) is 22.0 Å². The summed E-state index contributed by atoms with van der Waals surface area (Å²) in [4.78, 5) is 25.1. The number of hydrogen-bond acceptors (Lipinski definition) is 6. The molecule has 1 amide bonds. The Morgan fingerprint density at radius 1 is 1.27 bits per heavy atom. The second-order valence-corrected chi connectivity index (χ2v) is 8.09. The Labute approximate surface area is 172 Å². The number of nitrogens with zero attached hydrogens (tertiary/aromatic N) is 3. The fourth-order valence-corrected chi connectivity index (χ4v) is 4.05. The van der Waals surface area contributed by atoms with Crippen LogP contribution in [0.3, 0.4) is 0 Å². The van der Waals surface area contributed by atoms with Gasteiger partial charge in [-0.05, 0) is 54.5 Å². The van der Waals surface area contributed by atoms with Gasteiger partial charge in [0.25, 0.3) is 5.91 Å². The van der Waals surface area contributed by atoms with Crippen LogP contribution in [0.15, 0.2) is 48.2 Å². The first-order valence-electron chi connectivity index (χ1n) is 9.68. The highest BCUT2D eigenvalue weighted by atomic mass is 19.1. The molecule has 3 aromatic heterocycles. The van der Waals surface area contributed by atoms with Crippen LogP contribution in [0.2, 0.25) is 0 Å². The summed E-state index contributed by atoms with van der Waals surface area (Å²) in [5, 5.41) is 3.95. The molecule has 30 heavy (non-hydrogen) atoms. The van der Waals surface area contributed by atoms with Gasteiger partial charge < -0.3 is 15.8 Å². The number of amides is 1. The molecule has 8 heteroatoms. The standard InChI is InChI=1S/C22H20FN5O2/c1-12-2-3-25-8-15(12)17-4-13-5-18(26-9-16(13)20(24)27-17)28-21(29)19(23)14-6-22(7-14)10-30-11-22/h2-5,8-9H,6-7,10-11H2,1H3,(H2,24,27)(H,26,28,29). The molecule has 3 N–H and O–H groups in total. The van der Waals surface area contributed by atoms with E-state index in [1.807, 2.05) is 19.1 Å². The maximum Gasteiger partial charge on any atom is 0.285 e. The molecule has 1 spiro atoms. The van der Waals surface area contributed by atoms with Gasteiger partial charge in [0.2, 0.25) is 0 Å². The number of hydrogen-bond donors (Lipinski definition) is 2. The van der Waals surface area contributed by atoms with Gasteiger partial charge in [0.1, 0.15) is 11.6 Å². The molecule has 0 radical (unpaired) electrons. The van der Waals surface area contributed by atoms with Crippen molar-refractivity contribution in [2.45, 2.75) is 19.8 Å². The Balaban J connectivity index is 1.42. The molecule has 4 heterocycles. The molecule has 0 bridgehead atoms. The summed E-state index contributed by atoms with van der Waals surface area (Å²) in [6, 6.07) is 5.42. The number of nitrogens with two attached hydrogens (primary N) is 1. The summed E-state index contributed by atoms with van der Waals surface area (Å²) >= 11 is 0. The molecule has 152 valence electrons. The highest BCUT2D eigenvalue weighted by molar-refractivity contribution is 6.03. The lowest BCUT2D eigenvalue weighted by Crippen LogP contribution is -2.49. The molecule has 7 nitrogen and oxygen atoms in total. The van der Waals surface area contributed by atoms with Crippen molar-refractivity contribution in [2.24, 2.45) is 5.41 Å². The Hall–Kier alpha value is -3.39. The molecule has 1 saturated heterocycles. The van der Waals surface area contributed by atoms with E-state index in [9.17, 15) is 9.18 Å². The van der Waals surface area contributed by atoms with E-state index in [4.69, 9.17) is 10.5 Å². The second-order valence-electron chi connectivity index (χ2n) is 8.09. The lowest BCUT2D eigenvalue weighted by molar-refractivity contribution is -0.136. The van der Waals surface area contributed by atoms with E-state index in [-0.39, 0.29) is 11.2 Å². The van der Waals surface area contributed by atoms with Crippen molar-refractivity contribution in [1.29, 1.82) is 0 Å². The monoisotopic (exact) mass is 405 g/mol. The molecular formula is C22H20FN5O2. The highest BCUT2D eigenvalue weighted by Gasteiger charge is 2.48. The number of aryl methyl sites for hydroxylation is 1. The number of nitrogens with one attached hydrogen (secondary N) is 1. The summed E-state index contributed by atoms with van der Waals surface area (Å²) in [6.07, 6.45) is 6.13. The zero-order chi connectivity index (χ0) is 20.9. The number of nitrogen functional groups attached to an aromatic ring is 1. The number of anilines is 2. The first-order chi connectivity index (χ1) is 14.4. The van der Waals surface area contributed by atoms with Crippen molar-refractivity contribution in [3.63, 3.8) is 0 Å². The predicted octanol–water partition coefficient (Wildman–Crippen LogP) is 3.55. The van der Waals surface area contributed by atoms with Gasteiger partial charge in [0, 0.05) is 35.0 Å². The lowest BCUT2D eigenvalue weighted by atomic mass is 9.64. The minimum Gasteiger partial charge on any atom is -0.383 e. The minimum absolute atomic E-state index is 0.0551. The van der Waals surface area contributed by atoms with Crippen LogP contribution in [0.5, 0.6) is 0 Å². The number of pyridine rings is 3. The van der Waals surface area contributed by atoms with Crippen molar-refractivity contribution in [2.75, 3.05) is 24.3 Å². The number of aromatic nitrogens is 3. The smallest absolute Gasteiger partial charge is 0.285 e. The van der Waals surface area contributed by atoms with Crippen LogP contribution in [0, 0.1) is 12.3 Å². The van der Waals surface area contributed by atoms with Crippen molar-refractivity contribution >= 4 is 28.3 Å². The summed E-state index contributed by atoms with van der Waals surface area (Å²) in [5.74, 6) is -0.928. The topological polar surface area (TPSA) is 103 Å². The molecule has 0 aromatic carbocycles. The van der Waals surface area contributed by atoms with Gasteiger partial charge in [-0.25, -0.2) is 14.4 Å². The van der Waals surface area contributed by atoms with E-state index in [1.54, 1.807) is 18.5 Å². The quantitative estimate of drug-likeness (QED) is 0.646. The molecule has 5 rings (SSSR count). The fraction of sp³-hybridized carbons (Fsp3) is 0.273. The first-order valence-corrected chi connectivity index (χ1v) is 9.68. The highest BCUT2D eigenvalue weighted by Crippen LogP contribution is 2.51. The number of ether oxygens (including phenoxy) is 1. The molecule has 3 aromatic rings. The first kappa shape index (κ1) is 18.6. The lowest BCUT2D eigenvalue weighted by Gasteiger charge is -2.50. The van der Waals surface area contributed by atoms with E-state index in [0.717, 1.165) is 16.5 Å². The largest absolute Gasteiger partial charge is 0.383 e. The molecule has 1 aliphatic heterocycles. The number of carbonyl (C=O) groups is 1. The zero-order valence-corrected chi connectivity index (χ0v) is 16.4. The molecule has 0 unspecified atom stereocenters. The molecule has 2 fully saturated rings. The van der Waals surface area contributed by atoms with Gasteiger partial charge in [-0.2, -0.15) is 0 Å². The van der Waals surface area contributed by atoms with E-state index in [0.29, 0.717) is 48.5 Å². The van der Waals surface area contributed by atoms with Crippen LogP contribution in [-0.2, 0) is 9.53 Å². The number of fused-ring (bicyclic) bond motifs is 1. The number of carbonyl (C=O) groups excluding carboxylic acids is 1. The van der Waals surface area contributed by atoms with Crippen LogP contribution in [0.4, 0.5) is 16.0 Å².